The highest BCUT2D eigenvalue weighted by Crippen LogP contribution is 2.50. The van der Waals surface area contributed by atoms with E-state index in [0.29, 0.717) is 70.7 Å². The molecule has 398 valence electrons. The van der Waals surface area contributed by atoms with Gasteiger partial charge in [-0.1, -0.05) is 149 Å². The van der Waals surface area contributed by atoms with E-state index in [1.807, 2.05) is 75.6 Å². The lowest BCUT2D eigenvalue weighted by Gasteiger charge is -2.36. The average Bonchev–Trinajstić information content (AvgIpc) is 3.48. The zero-order chi connectivity index (χ0) is 53.0. The predicted molar refractivity (Wildman–Crippen MR) is 302 cm³/mol. The van der Waals surface area contributed by atoms with E-state index in [2.05, 4.69) is 32.6 Å². The normalized spacial score (nSPS) is 15.2. The number of hydrogen-bond donors (Lipinski definition) is 0. The van der Waals surface area contributed by atoms with Crippen LogP contribution < -0.4 is 4.90 Å². The van der Waals surface area contributed by atoms with Crippen molar-refractivity contribution in [2.24, 2.45) is 0 Å². The van der Waals surface area contributed by atoms with Crippen LogP contribution in [0.4, 0.5) is 10.7 Å². The molecule has 0 spiro atoms. The van der Waals surface area contributed by atoms with Crippen molar-refractivity contribution < 1.29 is 28.7 Å². The molecular formula is C63H80N6O6. The number of ether oxygens (including phenoxy) is 1. The number of amides is 5. The third-order valence-electron chi connectivity index (χ3n) is 16.3. The summed E-state index contributed by atoms with van der Waals surface area (Å²) in [7, 11) is 0. The van der Waals surface area contributed by atoms with Gasteiger partial charge in [-0.3, -0.25) is 29.0 Å². The minimum absolute atomic E-state index is 0.184. The molecule has 12 nitrogen and oxygen atoms in total. The molecule has 5 aromatic carbocycles. The highest BCUT2D eigenvalue weighted by molar-refractivity contribution is 6.43. The summed E-state index contributed by atoms with van der Waals surface area (Å²) < 4.78 is 5.65. The first kappa shape index (κ1) is 53.6. The number of benzene rings is 5. The quantitative estimate of drug-likeness (QED) is 0.0251. The van der Waals surface area contributed by atoms with Crippen LogP contribution >= 0.6 is 0 Å². The van der Waals surface area contributed by atoms with Crippen LogP contribution in [-0.4, -0.2) is 98.3 Å². The number of rotatable bonds is 24. The molecule has 0 bridgehead atoms. The number of piperazine rings is 1. The molecule has 75 heavy (non-hydrogen) atoms. The van der Waals surface area contributed by atoms with Gasteiger partial charge in [0.1, 0.15) is 5.60 Å². The van der Waals surface area contributed by atoms with Crippen LogP contribution in [0.2, 0.25) is 0 Å². The molecule has 1 aromatic heterocycles. The molecule has 0 unspecified atom stereocenters. The Morgan fingerprint density at radius 2 is 0.907 bits per heavy atom. The number of unbranched alkanes of at least 4 members (excludes halogenated alkanes) is 12. The lowest BCUT2D eigenvalue weighted by atomic mass is 9.79. The van der Waals surface area contributed by atoms with E-state index in [4.69, 9.17) is 14.7 Å². The van der Waals surface area contributed by atoms with Crippen molar-refractivity contribution in [1.29, 1.82) is 0 Å². The number of carbonyl (C=O) groups excluding carboxylic acids is 5. The van der Waals surface area contributed by atoms with E-state index in [0.717, 1.165) is 166 Å². The first-order valence-corrected chi connectivity index (χ1v) is 28.9. The largest absolute Gasteiger partial charge is 0.444 e. The van der Waals surface area contributed by atoms with E-state index < -0.39 is 5.60 Å². The van der Waals surface area contributed by atoms with Gasteiger partial charge in [0, 0.05) is 89.2 Å². The molecule has 0 saturated carbocycles. The number of fused-ring (bicyclic) bond motifs is 2. The van der Waals surface area contributed by atoms with Crippen LogP contribution in [0.15, 0.2) is 54.9 Å². The number of hydrogen-bond acceptors (Lipinski definition) is 9. The zero-order valence-electron chi connectivity index (χ0n) is 46.0. The van der Waals surface area contributed by atoms with Gasteiger partial charge in [0.05, 0.1) is 0 Å². The van der Waals surface area contributed by atoms with Gasteiger partial charge in [-0.15, -0.1) is 0 Å². The lowest BCUT2D eigenvalue weighted by molar-refractivity contribution is 0.0239. The molecule has 0 aliphatic carbocycles. The molecule has 4 heterocycles. The highest BCUT2D eigenvalue weighted by atomic mass is 16.6. The van der Waals surface area contributed by atoms with Gasteiger partial charge < -0.3 is 14.5 Å². The highest BCUT2D eigenvalue weighted by Gasteiger charge is 2.41. The molecule has 1 fully saturated rings. The Kier molecular flexibility index (Phi) is 16.7. The van der Waals surface area contributed by atoms with Crippen molar-refractivity contribution in [2.45, 2.75) is 195 Å². The van der Waals surface area contributed by atoms with E-state index >= 15 is 19.2 Å². The van der Waals surface area contributed by atoms with Gasteiger partial charge in [-0.25, -0.2) is 14.8 Å². The minimum atomic E-state index is -0.591. The summed E-state index contributed by atoms with van der Waals surface area (Å²) in [6.07, 6.45) is 23.4. The number of imide groups is 2. The molecule has 0 atom stereocenters. The molecule has 0 radical (unpaired) electrons. The fourth-order valence-electron chi connectivity index (χ4n) is 12.4. The standard InChI is InChI=1S/C63H80N6O6/c1-8-12-16-20-24-42(25-21-17-13-9-2)68-57(70)47-31-28-44-45-29-32-49-55-51(60(73)69(59(49)72)43(26-22-18-14-10-3)27-23-19-15-11-4)38-50(53(56(45)55)46-30-33-48(58(68)71)54(47)52(44)46)41-39-64-61(65-40-41)66-34-36-67(37-35-66)62(74)75-63(5,6)7/h28-33,38-40,42-43H,8-27,34-37H2,1-7H3. The van der Waals surface area contributed by atoms with E-state index in [9.17, 15) is 4.79 Å². The number of anilines is 1. The van der Waals surface area contributed by atoms with E-state index in [1.54, 1.807) is 14.7 Å². The van der Waals surface area contributed by atoms with Crippen LogP contribution in [0.25, 0.3) is 54.2 Å². The Balaban J connectivity index is 1.18. The minimum Gasteiger partial charge on any atom is -0.444 e. The summed E-state index contributed by atoms with van der Waals surface area (Å²) in [5, 5.41) is 6.27. The molecule has 1 saturated heterocycles. The topological polar surface area (TPSA) is 133 Å². The van der Waals surface area contributed by atoms with Gasteiger partial charge in [-0.2, -0.15) is 0 Å². The maximum absolute atomic E-state index is 15.4. The van der Waals surface area contributed by atoms with Gasteiger partial charge in [0.2, 0.25) is 5.95 Å². The Morgan fingerprint density at radius 1 is 0.493 bits per heavy atom. The number of nitrogens with zero attached hydrogens (tertiary/aromatic N) is 6. The summed E-state index contributed by atoms with van der Waals surface area (Å²) >= 11 is 0. The van der Waals surface area contributed by atoms with E-state index in [1.165, 1.54) is 0 Å². The third-order valence-corrected chi connectivity index (χ3v) is 16.3. The smallest absolute Gasteiger partial charge is 0.410 e. The monoisotopic (exact) mass is 1020 g/mol. The zero-order valence-corrected chi connectivity index (χ0v) is 46.0. The van der Waals surface area contributed by atoms with Crippen molar-refractivity contribution in [3.05, 3.63) is 77.1 Å². The van der Waals surface area contributed by atoms with Crippen LogP contribution in [-0.2, 0) is 4.74 Å². The predicted octanol–water partition coefficient (Wildman–Crippen LogP) is 15.1. The lowest BCUT2D eigenvalue weighted by Crippen LogP contribution is -2.50. The SMILES string of the molecule is CCCCCCC(CCCCCC)N1C(=O)c2ccc3c4ccc5c6c(cc(-c7cnc(N8CCN(C(=O)OC(C)(C)C)CC8)nc7)c(c7ccc(c2c37)C1=O)c64)C(=O)N(C(CCCCCC)CCCCCC)C5=O. The summed E-state index contributed by atoms with van der Waals surface area (Å²) in [5.74, 6) is -0.480. The second kappa shape index (κ2) is 23.4. The maximum Gasteiger partial charge on any atom is 0.410 e. The molecule has 0 N–H and O–H groups in total. The van der Waals surface area contributed by atoms with Gasteiger partial charge in [0.25, 0.3) is 23.6 Å². The first-order valence-electron chi connectivity index (χ1n) is 28.9. The van der Waals surface area contributed by atoms with Crippen LogP contribution in [0, 0.1) is 0 Å². The third kappa shape index (κ3) is 10.7. The second-order valence-corrected chi connectivity index (χ2v) is 22.7. The fourth-order valence-corrected chi connectivity index (χ4v) is 12.4. The summed E-state index contributed by atoms with van der Waals surface area (Å²) in [6, 6.07) is 13.3. The second-order valence-electron chi connectivity index (χ2n) is 22.7. The Morgan fingerprint density at radius 3 is 1.35 bits per heavy atom. The summed E-state index contributed by atoms with van der Waals surface area (Å²) in [5.41, 5.74) is 2.89. The summed E-state index contributed by atoms with van der Waals surface area (Å²) in [4.78, 5) is 90.4. The van der Waals surface area contributed by atoms with Crippen LogP contribution in [0.1, 0.15) is 218 Å². The average molecular weight is 1020 g/mol. The van der Waals surface area contributed by atoms with Gasteiger partial charge in [-0.05, 0) is 109 Å². The molecular weight excluding hydrogens is 937 g/mol. The number of carbonyl (C=O) groups is 5. The Bertz CT molecular complexity index is 3010. The van der Waals surface area contributed by atoms with Gasteiger partial charge >= 0.3 is 6.09 Å². The van der Waals surface area contributed by atoms with Crippen molar-refractivity contribution in [2.75, 3.05) is 31.1 Å². The molecule has 5 amide bonds. The molecule has 6 aromatic rings. The maximum atomic E-state index is 15.4. The number of aromatic nitrogens is 2. The van der Waals surface area contributed by atoms with E-state index in [-0.39, 0.29) is 41.8 Å². The van der Waals surface area contributed by atoms with Crippen molar-refractivity contribution in [1.82, 2.24) is 24.7 Å². The van der Waals surface area contributed by atoms with Gasteiger partial charge in [0.15, 0.2) is 0 Å². The van der Waals surface area contributed by atoms with Crippen LogP contribution in [0.5, 0.6) is 0 Å². The molecule has 3 aliphatic heterocycles. The fraction of sp³-hybridized carbons (Fsp3) is 0.540. The van der Waals surface area contributed by atoms with Crippen molar-refractivity contribution >= 4 is 78.8 Å². The first-order chi connectivity index (χ1) is 36.3. The summed E-state index contributed by atoms with van der Waals surface area (Å²) in [6.45, 7) is 16.4. The molecule has 9 rings (SSSR count). The van der Waals surface area contributed by atoms with Crippen molar-refractivity contribution in [3.63, 3.8) is 0 Å². The van der Waals surface area contributed by atoms with Crippen LogP contribution in [0.3, 0.4) is 0 Å². The molecule has 12 heteroatoms. The Hall–Kier alpha value is -6.17. The van der Waals surface area contributed by atoms with Crippen molar-refractivity contribution in [3.8, 4) is 11.1 Å². The Labute approximate surface area is 444 Å². The molecule has 3 aliphatic rings.